The number of nitrogens with zero attached hydrogens (tertiary/aromatic N) is 4. The number of amides is 1. The molecule has 0 radical (unpaired) electrons. The summed E-state index contributed by atoms with van der Waals surface area (Å²) in [7, 11) is 1.66. The van der Waals surface area contributed by atoms with E-state index in [1.54, 1.807) is 42.8 Å². The van der Waals surface area contributed by atoms with Gasteiger partial charge in [-0.2, -0.15) is 5.26 Å². The van der Waals surface area contributed by atoms with E-state index in [1.807, 2.05) is 0 Å². The van der Waals surface area contributed by atoms with Gasteiger partial charge in [0, 0.05) is 47.9 Å². The molecule has 8 nitrogen and oxygen atoms in total. The van der Waals surface area contributed by atoms with E-state index in [0.717, 1.165) is 0 Å². The van der Waals surface area contributed by atoms with Gasteiger partial charge in [0.1, 0.15) is 17.7 Å². The largest absolute Gasteiger partial charge is 0.436 e. The van der Waals surface area contributed by atoms with Gasteiger partial charge >= 0.3 is 0 Å². The highest BCUT2D eigenvalue weighted by Gasteiger charge is 2.26. The first-order valence-electron chi connectivity index (χ1n) is 12.0. The number of aromatic nitrogens is 3. The van der Waals surface area contributed by atoms with Crippen LogP contribution in [-0.2, 0) is 11.8 Å². The summed E-state index contributed by atoms with van der Waals surface area (Å²) in [6.45, 7) is 5.13. The Morgan fingerprint density at radius 1 is 1.12 bits per heavy atom. The Bertz CT molecular complexity index is 1860. The SMILES string of the molecule is C=C(C)C(=O)Nc1ccc(-c2c(-c3ccc(Oc4ccccn4)c(F)c3)c3c(N)ncc(C#N)c3n2C)c(F)c1. The molecule has 0 fully saturated rings. The van der Waals surface area contributed by atoms with Crippen LogP contribution in [0, 0.1) is 23.0 Å². The Hall–Kier alpha value is -5.56. The zero-order chi connectivity index (χ0) is 28.6. The minimum Gasteiger partial charge on any atom is -0.436 e. The fourth-order valence-corrected chi connectivity index (χ4v) is 4.47. The Labute approximate surface area is 228 Å². The van der Waals surface area contributed by atoms with E-state index in [2.05, 4.69) is 27.9 Å². The average molecular weight is 537 g/mol. The van der Waals surface area contributed by atoms with Crippen molar-refractivity contribution >= 4 is 28.3 Å². The maximum Gasteiger partial charge on any atom is 0.250 e. The summed E-state index contributed by atoms with van der Waals surface area (Å²) in [5.41, 5.74) is 8.61. The number of anilines is 2. The van der Waals surface area contributed by atoms with Crippen LogP contribution in [-0.4, -0.2) is 20.4 Å². The van der Waals surface area contributed by atoms with E-state index >= 15 is 8.78 Å². The molecule has 0 atom stereocenters. The molecule has 0 aliphatic heterocycles. The molecule has 3 N–H and O–H groups in total. The van der Waals surface area contributed by atoms with Crippen LogP contribution >= 0.6 is 0 Å². The predicted octanol–water partition coefficient (Wildman–Crippen LogP) is 6.34. The molecule has 0 saturated carbocycles. The molecule has 0 aliphatic rings. The highest BCUT2D eigenvalue weighted by Crippen LogP contribution is 2.45. The number of pyridine rings is 2. The van der Waals surface area contributed by atoms with Gasteiger partial charge in [-0.25, -0.2) is 18.7 Å². The standard InChI is InChI=1S/C30H22F2N6O2/c1-16(2)30(39)37-19-8-9-20(21(31)13-19)28-25(26-27(38(28)3)18(14-33)15-36-29(26)34)17-7-10-23(22(32)12-17)40-24-6-4-5-11-35-24/h4-13,15H,1H2,2-3H3,(H2,34,36)(H,37,39). The summed E-state index contributed by atoms with van der Waals surface area (Å²) >= 11 is 0. The molecule has 198 valence electrons. The number of fused-ring (bicyclic) bond motifs is 1. The summed E-state index contributed by atoms with van der Waals surface area (Å²) in [5.74, 6) is -1.55. The molecular weight excluding hydrogens is 514 g/mol. The second kappa shape index (κ2) is 10.3. The molecule has 0 bridgehead atoms. The van der Waals surface area contributed by atoms with Crippen LogP contribution in [0.3, 0.4) is 0 Å². The number of aryl methyl sites for hydroxylation is 1. The molecule has 10 heteroatoms. The molecule has 3 aromatic heterocycles. The third-order valence-electron chi connectivity index (χ3n) is 6.30. The lowest BCUT2D eigenvalue weighted by atomic mass is 9.97. The van der Waals surface area contributed by atoms with E-state index in [1.165, 1.54) is 42.7 Å². The maximum absolute atomic E-state index is 15.7. The Morgan fingerprint density at radius 3 is 2.58 bits per heavy atom. The van der Waals surface area contributed by atoms with Crippen LogP contribution < -0.4 is 15.8 Å². The monoisotopic (exact) mass is 536 g/mol. The lowest BCUT2D eigenvalue weighted by Gasteiger charge is -2.13. The summed E-state index contributed by atoms with van der Waals surface area (Å²) < 4.78 is 38.2. The van der Waals surface area contributed by atoms with Gasteiger partial charge in [0.2, 0.25) is 5.88 Å². The number of nitriles is 1. The van der Waals surface area contributed by atoms with Gasteiger partial charge in [0.25, 0.3) is 5.91 Å². The number of rotatable bonds is 6. The number of hydrogen-bond donors (Lipinski definition) is 2. The third kappa shape index (κ3) is 4.61. The zero-order valence-corrected chi connectivity index (χ0v) is 21.5. The summed E-state index contributed by atoms with van der Waals surface area (Å²) in [6.07, 6.45) is 2.86. The van der Waals surface area contributed by atoms with E-state index in [9.17, 15) is 10.1 Å². The number of nitrogens with two attached hydrogens (primary N) is 1. The molecule has 0 unspecified atom stereocenters. The Balaban J connectivity index is 1.72. The van der Waals surface area contributed by atoms with Crippen molar-refractivity contribution in [3.05, 3.63) is 96.3 Å². The topological polar surface area (TPSA) is 119 Å². The number of nitrogens with one attached hydrogen (secondary N) is 1. The molecule has 0 aliphatic carbocycles. The Morgan fingerprint density at radius 2 is 1.93 bits per heavy atom. The van der Waals surface area contributed by atoms with Crippen molar-refractivity contribution in [1.29, 1.82) is 5.26 Å². The summed E-state index contributed by atoms with van der Waals surface area (Å²) in [4.78, 5) is 20.2. The zero-order valence-electron chi connectivity index (χ0n) is 21.5. The van der Waals surface area contributed by atoms with Gasteiger partial charge in [-0.1, -0.05) is 18.7 Å². The molecule has 0 saturated heterocycles. The van der Waals surface area contributed by atoms with Crippen LogP contribution in [0.2, 0.25) is 0 Å². The first kappa shape index (κ1) is 26.1. The van der Waals surface area contributed by atoms with Crippen molar-refractivity contribution < 1.29 is 18.3 Å². The quantitative estimate of drug-likeness (QED) is 0.244. The molecule has 3 heterocycles. The molecular formula is C30H22F2N6O2. The normalized spacial score (nSPS) is 10.8. The predicted molar refractivity (Wildman–Crippen MR) is 148 cm³/mol. The maximum atomic E-state index is 15.7. The van der Waals surface area contributed by atoms with Crippen molar-refractivity contribution in [1.82, 2.24) is 14.5 Å². The van der Waals surface area contributed by atoms with Crippen LogP contribution in [0.5, 0.6) is 11.6 Å². The third-order valence-corrected chi connectivity index (χ3v) is 6.30. The molecule has 5 aromatic rings. The highest BCUT2D eigenvalue weighted by atomic mass is 19.1. The smallest absolute Gasteiger partial charge is 0.250 e. The minimum absolute atomic E-state index is 0.0585. The average Bonchev–Trinajstić information content (AvgIpc) is 3.24. The van der Waals surface area contributed by atoms with Gasteiger partial charge in [0.05, 0.1) is 22.2 Å². The first-order valence-corrected chi connectivity index (χ1v) is 12.0. The highest BCUT2D eigenvalue weighted by molar-refractivity contribution is 6.11. The lowest BCUT2D eigenvalue weighted by molar-refractivity contribution is -0.112. The molecule has 2 aromatic carbocycles. The number of carbonyl (C=O) groups is 1. The lowest BCUT2D eigenvalue weighted by Crippen LogP contribution is -2.12. The van der Waals surface area contributed by atoms with Crippen molar-refractivity contribution in [2.24, 2.45) is 7.05 Å². The van der Waals surface area contributed by atoms with Crippen LogP contribution in [0.15, 0.2) is 79.1 Å². The summed E-state index contributed by atoms with van der Waals surface area (Å²) in [6, 6.07) is 15.6. The summed E-state index contributed by atoms with van der Waals surface area (Å²) in [5, 5.41) is 12.7. The van der Waals surface area contributed by atoms with Gasteiger partial charge in [-0.15, -0.1) is 0 Å². The minimum atomic E-state index is -0.688. The van der Waals surface area contributed by atoms with E-state index < -0.39 is 17.5 Å². The number of nitrogen functional groups attached to an aromatic ring is 1. The van der Waals surface area contributed by atoms with Crippen LogP contribution in [0.1, 0.15) is 12.5 Å². The fourth-order valence-electron chi connectivity index (χ4n) is 4.47. The van der Waals surface area contributed by atoms with Gasteiger partial charge < -0.3 is 20.4 Å². The number of ether oxygens (including phenoxy) is 1. The molecule has 5 rings (SSSR count). The fraction of sp³-hybridized carbons (Fsp3) is 0.0667. The van der Waals surface area contributed by atoms with Gasteiger partial charge in [-0.3, -0.25) is 4.79 Å². The van der Waals surface area contributed by atoms with Crippen molar-refractivity contribution in [2.45, 2.75) is 6.92 Å². The first-order chi connectivity index (χ1) is 19.2. The van der Waals surface area contributed by atoms with E-state index in [0.29, 0.717) is 27.7 Å². The van der Waals surface area contributed by atoms with E-state index in [4.69, 9.17) is 10.5 Å². The molecule has 40 heavy (non-hydrogen) atoms. The number of carbonyl (C=O) groups excluding carboxylic acids is 1. The van der Waals surface area contributed by atoms with Gasteiger partial charge in [-0.05, 0) is 48.9 Å². The second-order valence-corrected chi connectivity index (χ2v) is 9.02. The van der Waals surface area contributed by atoms with Gasteiger partial charge in [0.15, 0.2) is 11.6 Å². The van der Waals surface area contributed by atoms with Crippen molar-refractivity contribution in [2.75, 3.05) is 11.1 Å². The second-order valence-electron chi connectivity index (χ2n) is 9.02. The van der Waals surface area contributed by atoms with Crippen molar-refractivity contribution in [3.8, 4) is 40.1 Å². The number of halogens is 2. The molecule has 1 amide bonds. The Kier molecular flexibility index (Phi) is 6.71. The van der Waals surface area contributed by atoms with Crippen LogP contribution in [0.25, 0.3) is 33.3 Å². The van der Waals surface area contributed by atoms with Crippen molar-refractivity contribution in [3.63, 3.8) is 0 Å². The van der Waals surface area contributed by atoms with Crippen LogP contribution in [0.4, 0.5) is 20.3 Å². The number of hydrogen-bond acceptors (Lipinski definition) is 6. The van der Waals surface area contributed by atoms with E-state index in [-0.39, 0.29) is 39.8 Å². The number of benzene rings is 2. The molecule has 0 spiro atoms.